The van der Waals surface area contributed by atoms with Gasteiger partial charge in [0.2, 0.25) is 0 Å². The third-order valence-corrected chi connectivity index (χ3v) is 10.6. The van der Waals surface area contributed by atoms with Gasteiger partial charge >= 0.3 is 0 Å². The molecule has 10 rings (SSSR count). The van der Waals surface area contributed by atoms with Gasteiger partial charge in [0.1, 0.15) is 0 Å². The van der Waals surface area contributed by atoms with E-state index < -0.39 is 0 Å². The second kappa shape index (κ2) is 11.2. The van der Waals surface area contributed by atoms with Crippen LogP contribution in [-0.4, -0.2) is 15.0 Å². The van der Waals surface area contributed by atoms with E-state index in [4.69, 9.17) is 15.0 Å². The van der Waals surface area contributed by atoms with Crippen LogP contribution in [0.15, 0.2) is 164 Å². The first-order valence-electron chi connectivity index (χ1n) is 16.5. The summed E-state index contributed by atoms with van der Waals surface area (Å²) in [6.45, 7) is 0. The molecule has 0 unspecified atom stereocenters. The minimum Gasteiger partial charge on any atom is -0.246 e. The van der Waals surface area contributed by atoms with E-state index >= 15 is 0 Å². The molecule has 0 saturated carbocycles. The SMILES string of the molecule is c1ccc(-c2cc(-c3cccc(-c4nc5c(c6ccccc46)c4ccccc4c4sc6ccccc6c54)c3)nc(-c3ccccc3)n2)cc1. The number of pyridine rings is 1. The molecule has 3 heterocycles. The van der Waals surface area contributed by atoms with Gasteiger partial charge in [-0.1, -0.05) is 146 Å². The molecule has 0 aliphatic rings. The molecule has 3 aromatic heterocycles. The minimum absolute atomic E-state index is 0.704. The Morgan fingerprint density at radius 1 is 0.367 bits per heavy atom. The highest BCUT2D eigenvalue weighted by atomic mass is 32.1. The van der Waals surface area contributed by atoms with Crippen LogP contribution in [-0.2, 0) is 0 Å². The Bertz CT molecular complexity index is 2820. The van der Waals surface area contributed by atoms with Gasteiger partial charge in [-0.2, -0.15) is 0 Å². The molecule has 7 aromatic carbocycles. The van der Waals surface area contributed by atoms with Crippen LogP contribution in [0.4, 0.5) is 0 Å². The van der Waals surface area contributed by atoms with E-state index in [9.17, 15) is 0 Å². The quantitative estimate of drug-likeness (QED) is 0.180. The average molecular weight is 642 g/mol. The van der Waals surface area contributed by atoms with Crippen molar-refractivity contribution < 1.29 is 0 Å². The smallest absolute Gasteiger partial charge is 0.160 e. The lowest BCUT2D eigenvalue weighted by Crippen LogP contribution is -1.96. The van der Waals surface area contributed by atoms with E-state index in [0.29, 0.717) is 5.82 Å². The van der Waals surface area contributed by atoms with Crippen LogP contribution in [0.25, 0.3) is 97.8 Å². The number of aromatic nitrogens is 3. The van der Waals surface area contributed by atoms with Gasteiger partial charge in [0, 0.05) is 58.6 Å². The summed E-state index contributed by atoms with van der Waals surface area (Å²) in [6, 6.07) is 57.5. The normalized spacial score (nSPS) is 11.7. The molecule has 0 aliphatic heterocycles. The van der Waals surface area contributed by atoms with Crippen molar-refractivity contribution in [2.24, 2.45) is 0 Å². The number of thiophene rings is 1. The summed E-state index contributed by atoms with van der Waals surface area (Å²) in [6.07, 6.45) is 0. The van der Waals surface area contributed by atoms with Crippen LogP contribution in [0, 0.1) is 0 Å². The van der Waals surface area contributed by atoms with Crippen LogP contribution < -0.4 is 0 Å². The predicted octanol–water partition coefficient (Wildman–Crippen LogP) is 12.4. The molecule has 0 fully saturated rings. The number of benzene rings is 7. The lowest BCUT2D eigenvalue weighted by Gasteiger charge is -2.15. The van der Waals surface area contributed by atoms with Gasteiger partial charge in [-0.25, -0.2) is 15.0 Å². The molecule has 0 saturated heterocycles. The zero-order valence-corrected chi connectivity index (χ0v) is 27.2. The maximum atomic E-state index is 5.61. The lowest BCUT2D eigenvalue weighted by atomic mass is 9.93. The molecule has 0 spiro atoms. The highest BCUT2D eigenvalue weighted by molar-refractivity contribution is 7.27. The van der Waals surface area contributed by atoms with Crippen molar-refractivity contribution in [2.75, 3.05) is 0 Å². The summed E-state index contributed by atoms with van der Waals surface area (Å²) in [5.74, 6) is 0.704. The number of nitrogens with zero attached hydrogens (tertiary/aromatic N) is 3. The van der Waals surface area contributed by atoms with Gasteiger partial charge in [0.05, 0.1) is 22.6 Å². The Morgan fingerprint density at radius 2 is 0.918 bits per heavy atom. The Hall–Kier alpha value is -6.23. The van der Waals surface area contributed by atoms with Crippen molar-refractivity contribution in [3.05, 3.63) is 164 Å². The largest absolute Gasteiger partial charge is 0.246 e. The molecule has 0 radical (unpaired) electrons. The predicted molar refractivity (Wildman–Crippen MR) is 207 cm³/mol. The van der Waals surface area contributed by atoms with Crippen LogP contribution in [0.1, 0.15) is 0 Å². The van der Waals surface area contributed by atoms with E-state index in [1.54, 1.807) is 0 Å². The number of rotatable bonds is 4. The fourth-order valence-corrected chi connectivity index (χ4v) is 8.44. The first-order valence-corrected chi connectivity index (χ1v) is 17.3. The van der Waals surface area contributed by atoms with E-state index in [2.05, 4.69) is 127 Å². The topological polar surface area (TPSA) is 38.7 Å². The maximum absolute atomic E-state index is 5.61. The van der Waals surface area contributed by atoms with Crippen LogP contribution in [0.5, 0.6) is 0 Å². The number of hydrogen-bond donors (Lipinski definition) is 0. The van der Waals surface area contributed by atoms with Crippen LogP contribution in [0.2, 0.25) is 0 Å². The third kappa shape index (κ3) is 4.53. The fraction of sp³-hybridized carbons (Fsp3) is 0. The van der Waals surface area contributed by atoms with Crippen LogP contribution in [0.3, 0.4) is 0 Å². The Balaban J connectivity index is 1.25. The molecule has 3 nitrogen and oxygen atoms in total. The second-order valence-electron chi connectivity index (χ2n) is 12.4. The lowest BCUT2D eigenvalue weighted by molar-refractivity contribution is 1.18. The number of fused-ring (bicyclic) bond motifs is 10. The molecule has 10 aromatic rings. The minimum atomic E-state index is 0.704. The molecular weight excluding hydrogens is 615 g/mol. The van der Waals surface area contributed by atoms with Gasteiger partial charge in [-0.05, 0) is 29.0 Å². The molecular formula is C45H27N3S. The fourth-order valence-electron chi connectivity index (χ4n) is 7.20. The number of hydrogen-bond acceptors (Lipinski definition) is 4. The molecule has 0 amide bonds. The van der Waals surface area contributed by atoms with Crippen molar-refractivity contribution in [3.63, 3.8) is 0 Å². The van der Waals surface area contributed by atoms with Crippen molar-refractivity contribution in [1.29, 1.82) is 0 Å². The average Bonchev–Trinajstić information content (AvgIpc) is 3.58. The summed E-state index contributed by atoms with van der Waals surface area (Å²) in [4.78, 5) is 15.7. The summed E-state index contributed by atoms with van der Waals surface area (Å²) in [5, 5.41) is 8.55. The highest BCUT2D eigenvalue weighted by Crippen LogP contribution is 2.46. The van der Waals surface area contributed by atoms with Crippen LogP contribution >= 0.6 is 11.3 Å². The van der Waals surface area contributed by atoms with Gasteiger partial charge in [-0.15, -0.1) is 11.3 Å². The van der Waals surface area contributed by atoms with Crippen molar-refractivity contribution >= 4 is 64.0 Å². The van der Waals surface area contributed by atoms with E-state index in [1.165, 1.54) is 41.7 Å². The molecule has 228 valence electrons. The first-order chi connectivity index (χ1) is 24.3. The molecule has 0 atom stereocenters. The molecule has 0 N–H and O–H groups in total. The Morgan fingerprint density at radius 3 is 1.67 bits per heavy atom. The van der Waals surface area contributed by atoms with E-state index in [0.717, 1.165) is 50.2 Å². The summed E-state index contributed by atoms with van der Waals surface area (Å²) < 4.78 is 2.57. The summed E-state index contributed by atoms with van der Waals surface area (Å²) in [7, 11) is 0. The Kier molecular flexibility index (Phi) is 6.36. The maximum Gasteiger partial charge on any atom is 0.160 e. The molecule has 4 heteroatoms. The van der Waals surface area contributed by atoms with Crippen molar-refractivity contribution in [3.8, 4) is 45.2 Å². The van der Waals surface area contributed by atoms with E-state index in [1.807, 2.05) is 47.7 Å². The van der Waals surface area contributed by atoms with Crippen molar-refractivity contribution in [1.82, 2.24) is 15.0 Å². The molecule has 0 aliphatic carbocycles. The van der Waals surface area contributed by atoms with E-state index in [-0.39, 0.29) is 0 Å². The van der Waals surface area contributed by atoms with Gasteiger partial charge < -0.3 is 0 Å². The standard InChI is InChI=1S/C45H27N3S/c1-3-14-28(15-4-1)37-27-38(47-45(46-37)29-16-5-2-6-17-29)30-18-13-19-31(26-30)42-34-22-9-7-20-32(34)40-33-21-8-10-23-35(33)44-41(43(40)48-42)36-24-11-12-25-39(36)49-44/h1-27H. The summed E-state index contributed by atoms with van der Waals surface area (Å²) >= 11 is 1.86. The zero-order chi connectivity index (χ0) is 32.3. The second-order valence-corrected chi connectivity index (χ2v) is 13.4. The summed E-state index contributed by atoms with van der Waals surface area (Å²) in [5.41, 5.74) is 7.89. The monoisotopic (exact) mass is 641 g/mol. The molecule has 0 bridgehead atoms. The zero-order valence-electron chi connectivity index (χ0n) is 26.3. The third-order valence-electron chi connectivity index (χ3n) is 9.44. The first kappa shape index (κ1) is 27.8. The van der Waals surface area contributed by atoms with Crippen molar-refractivity contribution in [2.45, 2.75) is 0 Å². The van der Waals surface area contributed by atoms with Gasteiger partial charge in [0.25, 0.3) is 0 Å². The van der Waals surface area contributed by atoms with Gasteiger partial charge in [-0.3, -0.25) is 0 Å². The van der Waals surface area contributed by atoms with Gasteiger partial charge in [0.15, 0.2) is 5.82 Å². The molecule has 49 heavy (non-hydrogen) atoms. The Labute approximate surface area is 286 Å². The highest BCUT2D eigenvalue weighted by Gasteiger charge is 2.20.